The number of allylic oxidation sites excluding steroid dienone is 4. The molecule has 0 spiro atoms. The Kier molecular flexibility index (Phi) is 3.58. The second-order valence-corrected chi connectivity index (χ2v) is 2.95. The van der Waals surface area contributed by atoms with Crippen LogP contribution in [0.25, 0.3) is 0 Å². The summed E-state index contributed by atoms with van der Waals surface area (Å²) in [5.41, 5.74) is 1.39. The number of hydrogen-bond donors (Lipinski definition) is 0. The third-order valence-corrected chi connectivity index (χ3v) is 1.84. The minimum absolute atomic E-state index is 0.486. The van der Waals surface area contributed by atoms with Crippen molar-refractivity contribution in [1.82, 2.24) is 0 Å². The topological polar surface area (TPSA) is 26.3 Å². The van der Waals surface area contributed by atoms with Crippen LogP contribution in [0, 0.1) is 0 Å². The molecule has 2 heteroatoms. The molecule has 0 bridgehead atoms. The van der Waals surface area contributed by atoms with Gasteiger partial charge >= 0.3 is 0 Å². The molecular formula is C10H14O2. The van der Waals surface area contributed by atoms with E-state index in [1.54, 1.807) is 0 Å². The fourth-order valence-electron chi connectivity index (χ4n) is 1.08. The maximum Gasteiger partial charge on any atom is 0.123 e. The molecule has 0 fully saturated rings. The van der Waals surface area contributed by atoms with Gasteiger partial charge in [0.1, 0.15) is 6.29 Å². The molecule has 12 heavy (non-hydrogen) atoms. The highest BCUT2D eigenvalue weighted by Crippen LogP contribution is 2.18. The van der Waals surface area contributed by atoms with E-state index < -0.39 is 0 Å². The van der Waals surface area contributed by atoms with Gasteiger partial charge in [-0.25, -0.2) is 0 Å². The van der Waals surface area contributed by atoms with E-state index >= 15 is 0 Å². The Bertz CT molecular complexity index is 214. The summed E-state index contributed by atoms with van der Waals surface area (Å²) < 4.78 is 5.36. The van der Waals surface area contributed by atoms with Gasteiger partial charge in [-0.15, -0.1) is 0 Å². The molecule has 0 aliphatic heterocycles. The van der Waals surface area contributed by atoms with Gasteiger partial charge in [0.25, 0.3) is 0 Å². The predicted octanol–water partition coefficient (Wildman–Crippen LogP) is 2.22. The number of aldehydes is 1. The zero-order valence-corrected chi connectivity index (χ0v) is 7.38. The fraction of sp³-hybridized carbons (Fsp3) is 0.500. The van der Waals surface area contributed by atoms with E-state index in [1.165, 1.54) is 5.57 Å². The van der Waals surface area contributed by atoms with Gasteiger partial charge < -0.3 is 9.53 Å². The standard InChI is InChI=1S/C10H14O2/c1-9-3-5-10(6-4-9)12-8-2-7-11/h3,5,7H,2,4,6,8H2,1H3. The number of carbonyl (C=O) groups excluding carboxylic acids is 1. The van der Waals surface area contributed by atoms with Crippen molar-refractivity contribution in [1.29, 1.82) is 0 Å². The Morgan fingerprint density at radius 2 is 2.33 bits per heavy atom. The Hall–Kier alpha value is -1.05. The molecule has 1 aliphatic rings. The largest absolute Gasteiger partial charge is 0.497 e. The van der Waals surface area contributed by atoms with E-state index in [0.29, 0.717) is 13.0 Å². The quantitative estimate of drug-likeness (QED) is 0.473. The zero-order valence-electron chi connectivity index (χ0n) is 7.38. The normalized spacial score (nSPS) is 16.4. The third-order valence-electron chi connectivity index (χ3n) is 1.84. The second kappa shape index (κ2) is 4.75. The van der Waals surface area contributed by atoms with Gasteiger partial charge in [-0.3, -0.25) is 0 Å². The van der Waals surface area contributed by atoms with Crippen LogP contribution in [0.2, 0.25) is 0 Å². The van der Waals surface area contributed by atoms with E-state index in [0.717, 1.165) is 24.9 Å². The average Bonchev–Trinajstić information content (AvgIpc) is 2.09. The molecule has 1 aliphatic carbocycles. The third kappa shape index (κ3) is 2.91. The van der Waals surface area contributed by atoms with Crippen LogP contribution >= 0.6 is 0 Å². The molecule has 0 N–H and O–H groups in total. The van der Waals surface area contributed by atoms with Crippen molar-refractivity contribution in [3.05, 3.63) is 23.5 Å². The van der Waals surface area contributed by atoms with Crippen LogP contribution in [0.4, 0.5) is 0 Å². The lowest BCUT2D eigenvalue weighted by atomic mass is 10.1. The molecule has 0 aromatic rings. The molecule has 0 atom stereocenters. The van der Waals surface area contributed by atoms with Crippen LogP contribution in [0.1, 0.15) is 26.2 Å². The van der Waals surface area contributed by atoms with E-state index in [9.17, 15) is 4.79 Å². The second-order valence-electron chi connectivity index (χ2n) is 2.95. The lowest BCUT2D eigenvalue weighted by Crippen LogP contribution is -1.98. The SMILES string of the molecule is CC1=CC=C(OCCC=O)CC1. The maximum absolute atomic E-state index is 9.99. The molecular weight excluding hydrogens is 152 g/mol. The molecule has 0 saturated heterocycles. The highest BCUT2D eigenvalue weighted by Gasteiger charge is 2.03. The minimum Gasteiger partial charge on any atom is -0.497 e. The number of hydrogen-bond acceptors (Lipinski definition) is 2. The van der Waals surface area contributed by atoms with Crippen LogP contribution in [-0.2, 0) is 9.53 Å². The lowest BCUT2D eigenvalue weighted by molar-refractivity contribution is -0.108. The Morgan fingerprint density at radius 3 is 2.92 bits per heavy atom. The average molecular weight is 166 g/mol. The van der Waals surface area contributed by atoms with E-state index in [2.05, 4.69) is 13.0 Å². The first-order chi connectivity index (χ1) is 5.83. The fourth-order valence-corrected chi connectivity index (χ4v) is 1.08. The summed E-state index contributed by atoms with van der Waals surface area (Å²) in [7, 11) is 0. The smallest absolute Gasteiger partial charge is 0.123 e. The number of carbonyl (C=O) groups is 1. The summed E-state index contributed by atoms with van der Waals surface area (Å²) in [6.45, 7) is 2.63. The first kappa shape index (κ1) is 9.04. The Balaban J connectivity index is 2.29. The van der Waals surface area contributed by atoms with Crippen molar-refractivity contribution in [3.63, 3.8) is 0 Å². The Labute approximate surface area is 72.9 Å². The van der Waals surface area contributed by atoms with Gasteiger partial charge in [-0.1, -0.05) is 11.6 Å². The first-order valence-corrected chi connectivity index (χ1v) is 4.25. The predicted molar refractivity (Wildman–Crippen MR) is 47.7 cm³/mol. The van der Waals surface area contributed by atoms with Crippen LogP contribution in [-0.4, -0.2) is 12.9 Å². The minimum atomic E-state index is 0.486. The molecule has 0 heterocycles. The number of ether oxygens (including phenoxy) is 1. The molecule has 0 saturated carbocycles. The van der Waals surface area contributed by atoms with E-state index in [4.69, 9.17) is 4.74 Å². The van der Waals surface area contributed by atoms with Gasteiger partial charge in [0.05, 0.1) is 12.4 Å². The van der Waals surface area contributed by atoms with Gasteiger partial charge in [0.2, 0.25) is 0 Å². The summed E-state index contributed by atoms with van der Waals surface area (Å²) in [4.78, 5) is 9.99. The molecule has 66 valence electrons. The number of rotatable bonds is 4. The molecule has 1 rings (SSSR count). The highest BCUT2D eigenvalue weighted by molar-refractivity contribution is 5.49. The summed E-state index contributed by atoms with van der Waals surface area (Å²) in [6, 6.07) is 0. The van der Waals surface area contributed by atoms with Crippen molar-refractivity contribution in [2.45, 2.75) is 26.2 Å². The van der Waals surface area contributed by atoms with Gasteiger partial charge in [-0.05, 0) is 19.4 Å². The van der Waals surface area contributed by atoms with E-state index in [-0.39, 0.29) is 0 Å². The lowest BCUT2D eigenvalue weighted by Gasteiger charge is -2.12. The van der Waals surface area contributed by atoms with Gasteiger partial charge in [0.15, 0.2) is 0 Å². The Morgan fingerprint density at radius 1 is 1.50 bits per heavy atom. The van der Waals surface area contributed by atoms with Crippen molar-refractivity contribution >= 4 is 6.29 Å². The maximum atomic E-state index is 9.99. The van der Waals surface area contributed by atoms with Crippen molar-refractivity contribution in [3.8, 4) is 0 Å². The first-order valence-electron chi connectivity index (χ1n) is 4.25. The molecule has 0 unspecified atom stereocenters. The van der Waals surface area contributed by atoms with Crippen molar-refractivity contribution in [2.24, 2.45) is 0 Å². The van der Waals surface area contributed by atoms with Crippen molar-refractivity contribution < 1.29 is 9.53 Å². The summed E-state index contributed by atoms with van der Waals surface area (Å²) in [5, 5.41) is 0. The summed E-state index contributed by atoms with van der Waals surface area (Å²) >= 11 is 0. The molecule has 0 amide bonds. The summed E-state index contributed by atoms with van der Waals surface area (Å²) in [6.07, 6.45) is 7.47. The molecule has 0 aromatic heterocycles. The van der Waals surface area contributed by atoms with Crippen molar-refractivity contribution in [2.75, 3.05) is 6.61 Å². The van der Waals surface area contributed by atoms with Crippen LogP contribution in [0.15, 0.2) is 23.5 Å². The molecule has 2 nitrogen and oxygen atoms in total. The highest BCUT2D eigenvalue weighted by atomic mass is 16.5. The summed E-state index contributed by atoms with van der Waals surface area (Å²) in [5.74, 6) is 1.00. The monoisotopic (exact) mass is 166 g/mol. The van der Waals surface area contributed by atoms with Gasteiger partial charge in [0, 0.05) is 12.8 Å². The van der Waals surface area contributed by atoms with Crippen LogP contribution in [0.5, 0.6) is 0 Å². The molecule has 0 aromatic carbocycles. The van der Waals surface area contributed by atoms with E-state index in [1.807, 2.05) is 6.08 Å². The van der Waals surface area contributed by atoms with Crippen LogP contribution < -0.4 is 0 Å². The molecule has 0 radical (unpaired) electrons. The van der Waals surface area contributed by atoms with Crippen LogP contribution in [0.3, 0.4) is 0 Å². The zero-order chi connectivity index (χ0) is 8.81. The van der Waals surface area contributed by atoms with Gasteiger partial charge in [-0.2, -0.15) is 0 Å².